The number of nitrogens with zero attached hydrogens (tertiary/aromatic N) is 3. The minimum atomic E-state index is -0.285. The number of benzene rings is 2. The largest absolute Gasteiger partial charge is 0.497 e. The molecule has 7 heteroatoms. The average molecular weight is 411 g/mol. The summed E-state index contributed by atoms with van der Waals surface area (Å²) in [5.41, 5.74) is 3.23. The van der Waals surface area contributed by atoms with Crippen LogP contribution in [0.4, 0.5) is 0 Å². The number of hydrogen-bond donors (Lipinski definition) is 1. The van der Waals surface area contributed by atoms with Crippen LogP contribution < -0.4 is 10.1 Å². The highest BCUT2D eigenvalue weighted by molar-refractivity contribution is 8.00. The van der Waals surface area contributed by atoms with Crippen LogP contribution in [0.15, 0.2) is 53.7 Å². The normalized spacial score (nSPS) is 11.9. The molecule has 0 aliphatic carbocycles. The maximum Gasteiger partial charge on any atom is 0.233 e. The summed E-state index contributed by atoms with van der Waals surface area (Å²) in [5, 5.41) is 12.2. The Balaban J connectivity index is 1.66. The van der Waals surface area contributed by atoms with Gasteiger partial charge in [0.05, 0.1) is 12.4 Å². The summed E-state index contributed by atoms with van der Waals surface area (Å²) in [6.45, 7) is 7.22. The molecule has 3 rings (SSSR count). The van der Waals surface area contributed by atoms with Gasteiger partial charge in [-0.25, -0.2) is 0 Å². The quantitative estimate of drug-likeness (QED) is 0.567. The topological polar surface area (TPSA) is 69.0 Å². The third kappa shape index (κ3) is 4.98. The van der Waals surface area contributed by atoms with Gasteiger partial charge in [0.25, 0.3) is 0 Å². The molecule has 0 saturated heterocycles. The Morgan fingerprint density at radius 2 is 1.90 bits per heavy atom. The van der Waals surface area contributed by atoms with E-state index in [1.165, 1.54) is 11.8 Å². The summed E-state index contributed by atoms with van der Waals surface area (Å²) in [7, 11) is 1.63. The van der Waals surface area contributed by atoms with Gasteiger partial charge in [0.2, 0.25) is 5.91 Å². The zero-order valence-corrected chi connectivity index (χ0v) is 18.0. The number of hydrogen-bond acceptors (Lipinski definition) is 5. The fourth-order valence-electron chi connectivity index (χ4n) is 2.97. The van der Waals surface area contributed by atoms with Gasteiger partial charge < -0.3 is 14.6 Å². The molecule has 1 amide bonds. The van der Waals surface area contributed by atoms with Crippen molar-refractivity contribution in [1.29, 1.82) is 0 Å². The van der Waals surface area contributed by atoms with Crippen LogP contribution in [-0.4, -0.2) is 33.0 Å². The van der Waals surface area contributed by atoms with Crippen LogP contribution in [0.3, 0.4) is 0 Å². The van der Waals surface area contributed by atoms with E-state index in [2.05, 4.69) is 40.0 Å². The summed E-state index contributed by atoms with van der Waals surface area (Å²) in [6.07, 6.45) is 0. The van der Waals surface area contributed by atoms with Gasteiger partial charge in [-0.1, -0.05) is 48.2 Å². The molecule has 1 aromatic heterocycles. The van der Waals surface area contributed by atoms with E-state index in [1.54, 1.807) is 7.11 Å². The molecule has 1 N–H and O–H groups in total. The molecular weight excluding hydrogens is 384 g/mol. The molecular formula is C22H26N4O2S. The lowest BCUT2D eigenvalue weighted by Gasteiger charge is -2.13. The molecule has 3 aromatic rings. The number of methoxy groups -OCH3 is 1. The monoisotopic (exact) mass is 410 g/mol. The van der Waals surface area contributed by atoms with Gasteiger partial charge in [-0.05, 0) is 44.0 Å². The van der Waals surface area contributed by atoms with Crippen LogP contribution in [0.25, 0.3) is 11.4 Å². The number of aryl methyl sites for hydroxylation is 1. The molecule has 0 aliphatic rings. The van der Waals surface area contributed by atoms with Crippen LogP contribution in [0.1, 0.15) is 25.0 Å². The highest BCUT2D eigenvalue weighted by atomic mass is 32.2. The van der Waals surface area contributed by atoms with Gasteiger partial charge >= 0.3 is 0 Å². The van der Waals surface area contributed by atoms with E-state index < -0.39 is 0 Å². The number of thioether (sulfide) groups is 1. The van der Waals surface area contributed by atoms with Crippen molar-refractivity contribution < 1.29 is 9.53 Å². The molecule has 1 atom stereocenters. The molecule has 0 fully saturated rings. The van der Waals surface area contributed by atoms with Crippen molar-refractivity contribution >= 4 is 17.7 Å². The van der Waals surface area contributed by atoms with E-state index in [9.17, 15) is 4.79 Å². The summed E-state index contributed by atoms with van der Waals surface area (Å²) < 4.78 is 7.21. The maximum atomic E-state index is 12.6. The fraction of sp³-hybridized carbons (Fsp3) is 0.318. The molecule has 0 unspecified atom stereocenters. The number of rotatable bonds is 8. The summed E-state index contributed by atoms with van der Waals surface area (Å²) in [4.78, 5) is 12.6. The Labute approximate surface area is 175 Å². The van der Waals surface area contributed by atoms with E-state index in [0.717, 1.165) is 40.0 Å². The Kier molecular flexibility index (Phi) is 6.93. The van der Waals surface area contributed by atoms with E-state index in [1.807, 2.05) is 49.4 Å². The summed E-state index contributed by atoms with van der Waals surface area (Å²) in [6, 6.07) is 15.8. The first-order valence-corrected chi connectivity index (χ1v) is 10.5. The molecule has 2 aromatic carbocycles. The van der Waals surface area contributed by atoms with Crippen molar-refractivity contribution in [2.45, 2.75) is 44.3 Å². The Morgan fingerprint density at radius 1 is 1.17 bits per heavy atom. The fourth-order valence-corrected chi connectivity index (χ4v) is 3.91. The number of carbonyl (C=O) groups excluding carboxylic acids is 1. The van der Waals surface area contributed by atoms with Gasteiger partial charge in [-0.3, -0.25) is 4.79 Å². The van der Waals surface area contributed by atoms with Crippen molar-refractivity contribution in [2.24, 2.45) is 0 Å². The third-order valence-electron chi connectivity index (χ3n) is 4.70. The van der Waals surface area contributed by atoms with E-state index >= 15 is 0 Å². The Hall–Kier alpha value is -2.80. The third-order valence-corrected chi connectivity index (χ3v) is 5.78. The maximum absolute atomic E-state index is 12.6. The Morgan fingerprint density at radius 3 is 2.55 bits per heavy atom. The van der Waals surface area contributed by atoms with Crippen LogP contribution in [0.2, 0.25) is 0 Å². The second-order valence-corrected chi connectivity index (χ2v) is 8.00. The Bertz CT molecular complexity index is 969. The zero-order chi connectivity index (χ0) is 20.8. The first-order chi connectivity index (χ1) is 14.0. The lowest BCUT2D eigenvalue weighted by atomic mass is 10.1. The predicted octanol–water partition coefficient (Wildman–Crippen LogP) is 4.08. The van der Waals surface area contributed by atoms with Crippen molar-refractivity contribution in [2.75, 3.05) is 7.11 Å². The van der Waals surface area contributed by atoms with Crippen LogP contribution in [0.5, 0.6) is 5.75 Å². The second-order valence-electron chi connectivity index (χ2n) is 6.69. The lowest BCUT2D eigenvalue weighted by molar-refractivity contribution is -0.120. The first kappa shape index (κ1) is 20.9. The van der Waals surface area contributed by atoms with Crippen molar-refractivity contribution in [3.63, 3.8) is 0 Å². The van der Waals surface area contributed by atoms with Gasteiger partial charge in [-0.15, -0.1) is 10.2 Å². The standard InChI is InChI=1S/C22H26N4O2S/c1-5-26-20(19-9-7-6-8-15(19)2)24-25-22(26)29-16(3)21(27)23-14-17-10-12-18(28-4)13-11-17/h6-13,16H,5,14H2,1-4H3,(H,23,27)/t16-/m0/s1. The zero-order valence-electron chi connectivity index (χ0n) is 17.2. The minimum absolute atomic E-state index is 0.0334. The smallest absolute Gasteiger partial charge is 0.233 e. The highest BCUT2D eigenvalue weighted by Crippen LogP contribution is 2.28. The molecule has 6 nitrogen and oxygen atoms in total. The SMILES string of the molecule is CCn1c(S[C@@H](C)C(=O)NCc2ccc(OC)cc2)nnc1-c1ccccc1C. The van der Waals surface area contributed by atoms with Crippen molar-refractivity contribution in [3.05, 3.63) is 59.7 Å². The van der Waals surface area contributed by atoms with E-state index in [4.69, 9.17) is 4.74 Å². The first-order valence-electron chi connectivity index (χ1n) is 9.60. The van der Waals surface area contributed by atoms with Crippen LogP contribution in [-0.2, 0) is 17.9 Å². The molecule has 1 heterocycles. The second kappa shape index (κ2) is 9.60. The van der Waals surface area contributed by atoms with Gasteiger partial charge in [0.15, 0.2) is 11.0 Å². The van der Waals surface area contributed by atoms with Crippen LogP contribution >= 0.6 is 11.8 Å². The van der Waals surface area contributed by atoms with Crippen molar-refractivity contribution in [3.8, 4) is 17.1 Å². The molecule has 0 saturated carbocycles. The highest BCUT2D eigenvalue weighted by Gasteiger charge is 2.20. The number of ether oxygens (including phenoxy) is 1. The average Bonchev–Trinajstić information content (AvgIpc) is 3.14. The van der Waals surface area contributed by atoms with Crippen molar-refractivity contribution in [1.82, 2.24) is 20.1 Å². The van der Waals surface area contributed by atoms with E-state index in [0.29, 0.717) is 6.54 Å². The lowest BCUT2D eigenvalue weighted by Crippen LogP contribution is -2.30. The minimum Gasteiger partial charge on any atom is -0.497 e. The van der Waals surface area contributed by atoms with Gasteiger partial charge in [0.1, 0.15) is 5.75 Å². The molecule has 0 spiro atoms. The van der Waals surface area contributed by atoms with Crippen LogP contribution in [0, 0.1) is 6.92 Å². The van der Waals surface area contributed by atoms with Gasteiger partial charge in [0, 0.05) is 18.7 Å². The summed E-state index contributed by atoms with van der Waals surface area (Å²) >= 11 is 1.42. The molecule has 0 radical (unpaired) electrons. The number of nitrogens with one attached hydrogen (secondary N) is 1. The number of amides is 1. The predicted molar refractivity (Wildman–Crippen MR) is 116 cm³/mol. The number of carbonyl (C=O) groups is 1. The molecule has 0 bridgehead atoms. The van der Waals surface area contributed by atoms with Gasteiger partial charge in [-0.2, -0.15) is 0 Å². The molecule has 152 valence electrons. The number of aromatic nitrogens is 3. The van der Waals surface area contributed by atoms with E-state index in [-0.39, 0.29) is 11.2 Å². The molecule has 29 heavy (non-hydrogen) atoms. The summed E-state index contributed by atoms with van der Waals surface area (Å²) in [5.74, 6) is 1.60. The molecule has 0 aliphatic heterocycles.